The SMILES string of the molecule is CC(C)(C)NCc1ccn(CC(F)(F)c2ccccc2)c1. The van der Waals surface area contributed by atoms with E-state index in [-0.39, 0.29) is 17.6 Å². The second-order valence-electron chi connectivity index (χ2n) is 6.37. The minimum Gasteiger partial charge on any atom is -0.348 e. The first-order valence-corrected chi connectivity index (χ1v) is 7.09. The molecule has 0 saturated carbocycles. The van der Waals surface area contributed by atoms with E-state index in [1.54, 1.807) is 35.2 Å². The molecule has 4 heteroatoms. The highest BCUT2D eigenvalue weighted by Gasteiger charge is 2.31. The van der Waals surface area contributed by atoms with Crippen molar-refractivity contribution >= 4 is 0 Å². The van der Waals surface area contributed by atoms with Crippen LogP contribution in [0.3, 0.4) is 0 Å². The number of aromatic nitrogens is 1. The normalized spacial score (nSPS) is 12.6. The number of hydrogen-bond donors (Lipinski definition) is 1. The van der Waals surface area contributed by atoms with Crippen LogP contribution in [0.1, 0.15) is 31.9 Å². The first-order chi connectivity index (χ1) is 9.76. The van der Waals surface area contributed by atoms with E-state index in [9.17, 15) is 8.78 Å². The van der Waals surface area contributed by atoms with Crippen LogP contribution in [0.4, 0.5) is 8.78 Å². The summed E-state index contributed by atoms with van der Waals surface area (Å²) >= 11 is 0. The van der Waals surface area contributed by atoms with Crippen LogP contribution in [0.25, 0.3) is 0 Å². The topological polar surface area (TPSA) is 17.0 Å². The zero-order chi connectivity index (χ0) is 15.5. The Labute approximate surface area is 124 Å². The molecule has 0 amide bonds. The Morgan fingerprint density at radius 3 is 2.33 bits per heavy atom. The van der Waals surface area contributed by atoms with Gasteiger partial charge in [0.1, 0.15) is 0 Å². The molecule has 0 fully saturated rings. The highest BCUT2D eigenvalue weighted by atomic mass is 19.3. The van der Waals surface area contributed by atoms with Crippen LogP contribution < -0.4 is 5.32 Å². The van der Waals surface area contributed by atoms with Crippen molar-refractivity contribution in [3.63, 3.8) is 0 Å². The highest BCUT2D eigenvalue weighted by Crippen LogP contribution is 2.29. The second-order valence-corrected chi connectivity index (χ2v) is 6.37. The molecule has 21 heavy (non-hydrogen) atoms. The molecule has 0 spiro atoms. The molecule has 0 aliphatic heterocycles. The minimum atomic E-state index is -2.87. The van der Waals surface area contributed by atoms with Gasteiger partial charge in [0.05, 0.1) is 6.54 Å². The van der Waals surface area contributed by atoms with E-state index in [1.807, 2.05) is 6.07 Å². The van der Waals surface area contributed by atoms with Gasteiger partial charge in [0.2, 0.25) is 0 Å². The van der Waals surface area contributed by atoms with Crippen LogP contribution in [0, 0.1) is 0 Å². The Morgan fingerprint density at radius 1 is 1.05 bits per heavy atom. The zero-order valence-corrected chi connectivity index (χ0v) is 12.7. The quantitative estimate of drug-likeness (QED) is 0.875. The summed E-state index contributed by atoms with van der Waals surface area (Å²) in [4.78, 5) is 0. The monoisotopic (exact) mass is 292 g/mol. The molecular formula is C17H22F2N2. The fourth-order valence-electron chi connectivity index (χ4n) is 2.06. The van der Waals surface area contributed by atoms with Gasteiger partial charge in [-0.05, 0) is 32.4 Å². The van der Waals surface area contributed by atoms with Gasteiger partial charge in [0.15, 0.2) is 0 Å². The lowest BCUT2D eigenvalue weighted by atomic mass is 10.1. The number of nitrogens with zero attached hydrogens (tertiary/aromatic N) is 1. The van der Waals surface area contributed by atoms with Gasteiger partial charge >= 0.3 is 0 Å². The Kier molecular flexibility index (Phi) is 4.47. The lowest BCUT2D eigenvalue weighted by Crippen LogP contribution is -2.34. The van der Waals surface area contributed by atoms with E-state index >= 15 is 0 Å². The standard InChI is InChI=1S/C17H22F2N2/c1-16(2,3)20-11-14-9-10-21(12-14)13-17(18,19)15-7-5-4-6-8-15/h4-10,12,20H,11,13H2,1-3H3. The summed E-state index contributed by atoms with van der Waals surface area (Å²) in [6, 6.07) is 9.82. The summed E-state index contributed by atoms with van der Waals surface area (Å²) in [5.74, 6) is -2.87. The largest absolute Gasteiger partial charge is 0.348 e. The van der Waals surface area contributed by atoms with Crippen LogP contribution in [0.5, 0.6) is 0 Å². The molecule has 0 saturated heterocycles. The van der Waals surface area contributed by atoms with Crippen molar-refractivity contribution in [1.29, 1.82) is 0 Å². The maximum Gasteiger partial charge on any atom is 0.290 e. The molecule has 2 rings (SSSR count). The average Bonchev–Trinajstić information content (AvgIpc) is 2.84. The van der Waals surface area contributed by atoms with Crippen LogP contribution in [0.2, 0.25) is 0 Å². The molecular weight excluding hydrogens is 270 g/mol. The third kappa shape index (κ3) is 4.67. The molecule has 114 valence electrons. The summed E-state index contributed by atoms with van der Waals surface area (Å²) in [5.41, 5.74) is 1.07. The predicted molar refractivity (Wildman–Crippen MR) is 81.4 cm³/mol. The van der Waals surface area contributed by atoms with E-state index in [4.69, 9.17) is 0 Å². The number of hydrogen-bond acceptors (Lipinski definition) is 1. The molecule has 0 aliphatic rings. The Morgan fingerprint density at radius 2 is 1.71 bits per heavy atom. The van der Waals surface area contributed by atoms with Crippen molar-refractivity contribution < 1.29 is 8.78 Å². The Hall–Kier alpha value is -1.68. The van der Waals surface area contributed by atoms with E-state index in [2.05, 4.69) is 26.1 Å². The number of halogens is 2. The number of alkyl halides is 2. The first-order valence-electron chi connectivity index (χ1n) is 7.09. The van der Waals surface area contributed by atoms with Crippen LogP contribution >= 0.6 is 0 Å². The minimum absolute atomic E-state index is 0.01000. The second kappa shape index (κ2) is 5.98. The van der Waals surface area contributed by atoms with Gasteiger partial charge in [0.25, 0.3) is 5.92 Å². The lowest BCUT2D eigenvalue weighted by Gasteiger charge is -2.20. The molecule has 0 unspecified atom stereocenters. The van der Waals surface area contributed by atoms with Crippen LogP contribution in [-0.4, -0.2) is 10.1 Å². The third-order valence-corrected chi connectivity index (χ3v) is 3.21. The third-order valence-electron chi connectivity index (χ3n) is 3.21. The Balaban J connectivity index is 2.02. The van der Waals surface area contributed by atoms with Gasteiger partial charge in [0, 0.05) is 30.0 Å². The van der Waals surface area contributed by atoms with Crippen LogP contribution in [-0.2, 0) is 19.0 Å². The lowest BCUT2D eigenvalue weighted by molar-refractivity contribution is -0.0221. The van der Waals surface area contributed by atoms with Crippen LogP contribution in [0.15, 0.2) is 48.8 Å². The van der Waals surface area contributed by atoms with E-state index in [1.165, 1.54) is 12.1 Å². The van der Waals surface area contributed by atoms with Gasteiger partial charge in [-0.2, -0.15) is 8.78 Å². The van der Waals surface area contributed by atoms with Gasteiger partial charge in [-0.25, -0.2) is 0 Å². The van der Waals surface area contributed by atoms with Gasteiger partial charge in [-0.3, -0.25) is 0 Å². The van der Waals surface area contributed by atoms with E-state index in [0.717, 1.165) is 5.56 Å². The fourth-order valence-corrected chi connectivity index (χ4v) is 2.06. The molecule has 0 radical (unpaired) electrons. The Bertz CT molecular complexity index is 568. The van der Waals surface area contributed by atoms with E-state index < -0.39 is 5.92 Å². The van der Waals surface area contributed by atoms with Gasteiger partial charge < -0.3 is 9.88 Å². The highest BCUT2D eigenvalue weighted by molar-refractivity contribution is 5.20. The van der Waals surface area contributed by atoms with Crippen molar-refractivity contribution in [1.82, 2.24) is 9.88 Å². The van der Waals surface area contributed by atoms with E-state index in [0.29, 0.717) is 6.54 Å². The fraction of sp³-hybridized carbons (Fsp3) is 0.412. The summed E-state index contributed by atoms with van der Waals surface area (Å²) in [6.07, 6.45) is 3.48. The predicted octanol–water partition coefficient (Wildman–Crippen LogP) is 4.17. The number of rotatable bonds is 5. The van der Waals surface area contributed by atoms with Crippen molar-refractivity contribution in [2.75, 3.05) is 0 Å². The summed E-state index contributed by atoms with van der Waals surface area (Å²) in [7, 11) is 0. The van der Waals surface area contributed by atoms with Crippen molar-refractivity contribution in [3.05, 3.63) is 59.9 Å². The van der Waals surface area contributed by atoms with Crippen molar-refractivity contribution in [2.24, 2.45) is 0 Å². The summed E-state index contributed by atoms with van der Waals surface area (Å²) in [6.45, 7) is 6.56. The smallest absolute Gasteiger partial charge is 0.290 e. The number of benzene rings is 1. The van der Waals surface area contributed by atoms with Gasteiger partial charge in [-0.15, -0.1) is 0 Å². The molecule has 1 heterocycles. The summed E-state index contributed by atoms with van der Waals surface area (Å²) in [5, 5.41) is 3.35. The maximum absolute atomic E-state index is 14.2. The van der Waals surface area contributed by atoms with Gasteiger partial charge in [-0.1, -0.05) is 30.3 Å². The van der Waals surface area contributed by atoms with Crippen molar-refractivity contribution in [3.8, 4) is 0 Å². The molecule has 1 aromatic carbocycles. The number of nitrogens with one attached hydrogen (secondary N) is 1. The molecule has 0 aliphatic carbocycles. The molecule has 1 aromatic heterocycles. The molecule has 2 aromatic rings. The molecule has 0 bridgehead atoms. The average molecular weight is 292 g/mol. The summed E-state index contributed by atoms with van der Waals surface area (Å²) < 4.78 is 29.9. The molecule has 0 atom stereocenters. The molecule has 1 N–H and O–H groups in total. The zero-order valence-electron chi connectivity index (χ0n) is 12.7. The maximum atomic E-state index is 14.2. The first kappa shape index (κ1) is 15.7. The molecule has 2 nitrogen and oxygen atoms in total. The van der Waals surface area contributed by atoms with Crippen molar-refractivity contribution in [2.45, 2.75) is 45.3 Å².